The second-order valence-corrected chi connectivity index (χ2v) is 6.27. The van der Waals surface area contributed by atoms with Crippen molar-refractivity contribution in [3.8, 4) is 0 Å². The van der Waals surface area contributed by atoms with E-state index in [9.17, 15) is 13.2 Å². The summed E-state index contributed by atoms with van der Waals surface area (Å²) < 4.78 is 24.0. The van der Waals surface area contributed by atoms with Gasteiger partial charge in [0.05, 0.1) is 12.8 Å². The van der Waals surface area contributed by atoms with Crippen LogP contribution in [-0.4, -0.2) is 56.0 Å². The number of amides is 1. The van der Waals surface area contributed by atoms with Crippen molar-refractivity contribution in [1.82, 2.24) is 9.21 Å². The molecule has 6 heteroatoms. The largest absolute Gasteiger partial charge is 0.342 e. The van der Waals surface area contributed by atoms with Crippen LogP contribution in [-0.2, 0) is 14.8 Å². The number of carbonyl (C=O) groups is 1. The zero-order valence-corrected chi connectivity index (χ0v) is 11.1. The summed E-state index contributed by atoms with van der Waals surface area (Å²) in [6.07, 6.45) is 5.76. The molecule has 5 nitrogen and oxygen atoms in total. The van der Waals surface area contributed by atoms with Crippen molar-refractivity contribution in [2.45, 2.75) is 19.3 Å². The molecule has 0 unspecified atom stereocenters. The molecule has 0 bridgehead atoms. The predicted molar refractivity (Wildman–Crippen MR) is 67.0 cm³/mol. The summed E-state index contributed by atoms with van der Waals surface area (Å²) in [7, 11) is -3.35. The first kappa shape index (κ1) is 14.2. The monoisotopic (exact) mass is 260 g/mol. The number of nitrogens with zero attached hydrogens (tertiary/aromatic N) is 2. The Bertz CT molecular complexity index is 372. The van der Waals surface area contributed by atoms with Gasteiger partial charge in [0.1, 0.15) is 0 Å². The number of carbonyl (C=O) groups excluding carboxylic acids is 1. The van der Waals surface area contributed by atoms with E-state index in [0.29, 0.717) is 0 Å². The van der Waals surface area contributed by atoms with Crippen molar-refractivity contribution in [2.24, 2.45) is 0 Å². The summed E-state index contributed by atoms with van der Waals surface area (Å²) in [6.45, 7) is 5.08. The van der Waals surface area contributed by atoms with E-state index in [1.165, 1.54) is 6.08 Å². The van der Waals surface area contributed by atoms with Gasteiger partial charge in [-0.05, 0) is 19.3 Å². The van der Waals surface area contributed by atoms with Crippen LogP contribution in [0.1, 0.15) is 19.3 Å². The molecule has 1 fully saturated rings. The average molecular weight is 260 g/mol. The Kier molecular flexibility index (Phi) is 5.14. The first-order chi connectivity index (χ1) is 7.95. The molecule has 0 N–H and O–H groups in total. The normalized spacial score (nSPS) is 17.2. The fourth-order valence-corrected chi connectivity index (χ4v) is 2.58. The molecule has 0 aliphatic carbocycles. The third-order valence-corrected chi connectivity index (χ3v) is 4.04. The molecule has 1 aliphatic rings. The van der Waals surface area contributed by atoms with Gasteiger partial charge in [-0.25, -0.2) is 8.42 Å². The van der Waals surface area contributed by atoms with Crippen LogP contribution in [0.2, 0.25) is 0 Å². The Labute approximate surface area is 103 Å². The summed E-state index contributed by atoms with van der Waals surface area (Å²) in [5.41, 5.74) is 0. The second-order valence-electron chi connectivity index (χ2n) is 4.29. The fourth-order valence-electron chi connectivity index (χ4n) is 1.86. The molecular formula is C11H20N2O3S. The maximum atomic E-state index is 11.9. The summed E-state index contributed by atoms with van der Waals surface area (Å²) in [6, 6.07) is 0. The maximum Gasteiger partial charge on any atom is 0.237 e. The molecule has 0 saturated carbocycles. The lowest BCUT2D eigenvalue weighted by molar-refractivity contribution is -0.132. The molecule has 0 atom stereocenters. The summed E-state index contributed by atoms with van der Waals surface area (Å²) in [5, 5.41) is 0. The van der Waals surface area contributed by atoms with E-state index in [-0.39, 0.29) is 19.0 Å². The van der Waals surface area contributed by atoms with Gasteiger partial charge < -0.3 is 4.90 Å². The molecule has 0 aromatic rings. The Hall–Kier alpha value is -0.880. The minimum Gasteiger partial charge on any atom is -0.342 e. The first-order valence-corrected chi connectivity index (χ1v) is 7.64. The number of likely N-dealkylation sites (tertiary alicyclic amines) is 1. The third-order valence-electron chi connectivity index (χ3n) is 2.82. The molecule has 0 aromatic carbocycles. The maximum absolute atomic E-state index is 11.9. The van der Waals surface area contributed by atoms with Gasteiger partial charge in [0.15, 0.2) is 0 Å². The van der Waals surface area contributed by atoms with Crippen molar-refractivity contribution in [3.63, 3.8) is 0 Å². The number of rotatable bonds is 5. The zero-order chi connectivity index (χ0) is 12.9. The highest BCUT2D eigenvalue weighted by Crippen LogP contribution is 2.10. The summed E-state index contributed by atoms with van der Waals surface area (Å²) >= 11 is 0. The third kappa shape index (κ3) is 4.47. The van der Waals surface area contributed by atoms with Crippen molar-refractivity contribution < 1.29 is 13.2 Å². The molecule has 1 aliphatic heterocycles. The van der Waals surface area contributed by atoms with Crippen molar-refractivity contribution >= 4 is 15.9 Å². The van der Waals surface area contributed by atoms with E-state index in [1.807, 2.05) is 0 Å². The van der Waals surface area contributed by atoms with Crippen LogP contribution in [0.5, 0.6) is 0 Å². The molecule has 17 heavy (non-hydrogen) atoms. The standard InChI is InChI=1S/C11H20N2O3S/c1-3-7-13(17(2,15)16)10-11(14)12-8-5-4-6-9-12/h3H,1,4-10H2,2H3. The highest BCUT2D eigenvalue weighted by molar-refractivity contribution is 7.88. The Morgan fingerprint density at radius 2 is 1.94 bits per heavy atom. The number of hydrogen-bond acceptors (Lipinski definition) is 3. The van der Waals surface area contributed by atoms with Gasteiger partial charge >= 0.3 is 0 Å². The minimum absolute atomic E-state index is 0.0785. The van der Waals surface area contributed by atoms with Gasteiger partial charge in [-0.1, -0.05) is 6.08 Å². The Morgan fingerprint density at radius 1 is 1.35 bits per heavy atom. The van der Waals surface area contributed by atoms with E-state index in [0.717, 1.165) is 42.9 Å². The van der Waals surface area contributed by atoms with Gasteiger partial charge in [-0.3, -0.25) is 4.79 Å². The predicted octanol–water partition coefficient (Wildman–Crippen LogP) is 0.447. The van der Waals surface area contributed by atoms with Crippen LogP contribution in [0.15, 0.2) is 12.7 Å². The number of piperidine rings is 1. The molecule has 0 radical (unpaired) electrons. The van der Waals surface area contributed by atoms with Crippen LogP contribution in [0.25, 0.3) is 0 Å². The molecule has 0 spiro atoms. The second kappa shape index (κ2) is 6.16. The molecule has 98 valence electrons. The molecule has 0 aromatic heterocycles. The van der Waals surface area contributed by atoms with Gasteiger partial charge in [-0.15, -0.1) is 6.58 Å². The summed E-state index contributed by atoms with van der Waals surface area (Å²) in [5.74, 6) is -0.114. The fraction of sp³-hybridized carbons (Fsp3) is 0.727. The van der Waals surface area contributed by atoms with Crippen LogP contribution >= 0.6 is 0 Å². The van der Waals surface area contributed by atoms with Gasteiger partial charge in [0.2, 0.25) is 15.9 Å². The lowest BCUT2D eigenvalue weighted by Gasteiger charge is -2.28. The molecule has 1 saturated heterocycles. The van der Waals surface area contributed by atoms with Crippen molar-refractivity contribution in [1.29, 1.82) is 0 Å². The average Bonchev–Trinajstić information content (AvgIpc) is 2.28. The molecular weight excluding hydrogens is 240 g/mol. The quantitative estimate of drug-likeness (QED) is 0.674. The van der Waals surface area contributed by atoms with E-state index >= 15 is 0 Å². The van der Waals surface area contributed by atoms with Crippen LogP contribution in [0, 0.1) is 0 Å². The first-order valence-electron chi connectivity index (χ1n) is 5.79. The smallest absolute Gasteiger partial charge is 0.237 e. The van der Waals surface area contributed by atoms with Crippen LogP contribution < -0.4 is 0 Å². The minimum atomic E-state index is -3.35. The van der Waals surface area contributed by atoms with Crippen LogP contribution in [0.4, 0.5) is 0 Å². The Morgan fingerprint density at radius 3 is 2.41 bits per heavy atom. The Balaban J connectivity index is 2.60. The molecule has 1 rings (SSSR count). The zero-order valence-electron chi connectivity index (χ0n) is 10.3. The van der Waals surface area contributed by atoms with Crippen molar-refractivity contribution in [3.05, 3.63) is 12.7 Å². The van der Waals surface area contributed by atoms with E-state index in [1.54, 1.807) is 4.90 Å². The van der Waals surface area contributed by atoms with E-state index in [4.69, 9.17) is 0 Å². The van der Waals surface area contributed by atoms with Gasteiger partial charge in [0.25, 0.3) is 0 Å². The lowest BCUT2D eigenvalue weighted by atomic mass is 10.1. The lowest BCUT2D eigenvalue weighted by Crippen LogP contribution is -2.44. The topological polar surface area (TPSA) is 57.7 Å². The highest BCUT2D eigenvalue weighted by Gasteiger charge is 2.23. The van der Waals surface area contributed by atoms with Crippen molar-refractivity contribution in [2.75, 3.05) is 32.4 Å². The SMILES string of the molecule is C=CCN(CC(=O)N1CCCCC1)S(C)(=O)=O. The van der Waals surface area contributed by atoms with E-state index in [2.05, 4.69) is 6.58 Å². The van der Waals surface area contributed by atoms with E-state index < -0.39 is 10.0 Å². The number of sulfonamides is 1. The molecule has 1 heterocycles. The molecule has 1 amide bonds. The van der Waals surface area contributed by atoms with Gasteiger partial charge in [0, 0.05) is 19.6 Å². The van der Waals surface area contributed by atoms with Crippen LogP contribution in [0.3, 0.4) is 0 Å². The highest BCUT2D eigenvalue weighted by atomic mass is 32.2. The van der Waals surface area contributed by atoms with Gasteiger partial charge in [-0.2, -0.15) is 4.31 Å². The number of hydrogen-bond donors (Lipinski definition) is 0. The summed E-state index contributed by atoms with van der Waals surface area (Å²) in [4.78, 5) is 13.7.